The van der Waals surface area contributed by atoms with E-state index >= 15 is 0 Å². The van der Waals surface area contributed by atoms with Gasteiger partial charge in [-0.1, -0.05) is 41.9 Å². The van der Waals surface area contributed by atoms with Gasteiger partial charge in [-0.2, -0.15) is 4.31 Å². The van der Waals surface area contributed by atoms with E-state index in [1.807, 2.05) is 0 Å². The quantitative estimate of drug-likeness (QED) is 0.445. The van der Waals surface area contributed by atoms with Gasteiger partial charge in [-0.3, -0.25) is 9.59 Å². The second-order valence-corrected chi connectivity index (χ2v) is 10.7. The molecule has 1 N–H and O–H groups in total. The Hall–Kier alpha value is -3.27. The van der Waals surface area contributed by atoms with Crippen LogP contribution in [0, 0.1) is 11.7 Å². The molecule has 1 saturated heterocycles. The summed E-state index contributed by atoms with van der Waals surface area (Å²) < 4.78 is 46.7. The number of ether oxygens (including phenoxy) is 1. The third-order valence-corrected chi connectivity index (χ3v) is 8.14. The zero-order valence-corrected chi connectivity index (χ0v) is 21.0. The lowest BCUT2D eigenvalue weighted by Gasteiger charge is -2.31. The first-order valence-electron chi connectivity index (χ1n) is 11.2. The predicted octanol–water partition coefficient (Wildman–Crippen LogP) is 4.76. The zero-order valence-electron chi connectivity index (χ0n) is 19.4. The Morgan fingerprint density at radius 2 is 1.83 bits per heavy atom. The minimum absolute atomic E-state index is 0.0215. The number of halogens is 2. The number of anilines is 1. The molecule has 3 aromatic carbocycles. The molecule has 4 rings (SSSR count). The minimum atomic E-state index is -4.11. The van der Waals surface area contributed by atoms with Crippen LogP contribution in [0.5, 0.6) is 5.75 Å². The van der Waals surface area contributed by atoms with Crippen LogP contribution in [0.25, 0.3) is 0 Å². The van der Waals surface area contributed by atoms with Crippen LogP contribution in [0.4, 0.5) is 10.1 Å². The van der Waals surface area contributed by atoms with Gasteiger partial charge >= 0.3 is 0 Å². The summed E-state index contributed by atoms with van der Waals surface area (Å²) >= 11 is 6.12. The van der Waals surface area contributed by atoms with Gasteiger partial charge in [-0.15, -0.1) is 0 Å². The lowest BCUT2D eigenvalue weighted by atomic mass is 9.97. The maximum atomic E-state index is 13.8. The smallest absolute Gasteiger partial charge is 0.246 e. The van der Waals surface area contributed by atoms with Crippen molar-refractivity contribution in [2.75, 3.05) is 25.5 Å². The Balaban J connectivity index is 1.56. The second-order valence-electron chi connectivity index (χ2n) is 8.37. The highest BCUT2D eigenvalue weighted by molar-refractivity contribution is 7.89. The van der Waals surface area contributed by atoms with Crippen molar-refractivity contribution in [1.29, 1.82) is 0 Å². The van der Waals surface area contributed by atoms with Crippen molar-refractivity contribution in [3.63, 3.8) is 0 Å². The Labute approximate surface area is 213 Å². The highest BCUT2D eigenvalue weighted by Gasteiger charge is 2.35. The number of ketones is 1. The molecule has 3 aromatic rings. The number of nitrogens with one attached hydrogen (secondary N) is 1. The van der Waals surface area contributed by atoms with Gasteiger partial charge in [0.2, 0.25) is 15.9 Å². The van der Waals surface area contributed by atoms with E-state index < -0.39 is 27.7 Å². The molecule has 1 atom stereocenters. The summed E-state index contributed by atoms with van der Waals surface area (Å²) in [5.74, 6) is -2.10. The topological polar surface area (TPSA) is 92.8 Å². The summed E-state index contributed by atoms with van der Waals surface area (Å²) in [5, 5.41) is 3.12. The highest BCUT2D eigenvalue weighted by Crippen LogP contribution is 2.31. The monoisotopic (exact) mass is 530 g/mol. The van der Waals surface area contributed by atoms with Crippen molar-refractivity contribution in [3.8, 4) is 5.75 Å². The van der Waals surface area contributed by atoms with Crippen molar-refractivity contribution in [2.45, 2.75) is 17.7 Å². The normalized spacial score (nSPS) is 16.4. The molecule has 0 spiro atoms. The molecule has 1 aliphatic rings. The summed E-state index contributed by atoms with van der Waals surface area (Å²) in [4.78, 5) is 26.0. The van der Waals surface area contributed by atoms with Crippen molar-refractivity contribution in [1.82, 2.24) is 4.31 Å². The average molecular weight is 531 g/mol. The molecule has 1 fully saturated rings. The minimum Gasteiger partial charge on any atom is -0.495 e. The Morgan fingerprint density at radius 1 is 1.08 bits per heavy atom. The second kappa shape index (κ2) is 10.8. The fraction of sp³-hybridized carbons (Fsp3) is 0.231. The van der Waals surface area contributed by atoms with Gasteiger partial charge in [0.25, 0.3) is 0 Å². The zero-order chi connectivity index (χ0) is 25.9. The van der Waals surface area contributed by atoms with Crippen LogP contribution < -0.4 is 10.1 Å². The number of hydrogen-bond donors (Lipinski definition) is 1. The Kier molecular flexibility index (Phi) is 7.73. The van der Waals surface area contributed by atoms with E-state index in [4.69, 9.17) is 16.3 Å². The predicted molar refractivity (Wildman–Crippen MR) is 134 cm³/mol. The standard InChI is InChI=1S/C26H24ClFN2O5S/c1-35-23-12-10-20(28)15-24(23)36(33,34)30-13-5-8-18(16-30)26(32)29-22-11-9-19(27)14-21(22)25(31)17-6-3-2-4-7-17/h2-4,6-7,9-12,14-15,18H,5,8,13,16H2,1H3,(H,29,32)/t18-/m1/s1. The van der Waals surface area contributed by atoms with Crippen molar-refractivity contribution >= 4 is 39.0 Å². The van der Waals surface area contributed by atoms with Crippen LogP contribution in [0.2, 0.25) is 5.02 Å². The van der Waals surface area contributed by atoms with E-state index in [9.17, 15) is 22.4 Å². The maximum Gasteiger partial charge on any atom is 0.246 e. The van der Waals surface area contributed by atoms with Crippen LogP contribution in [0.3, 0.4) is 0 Å². The first-order valence-corrected chi connectivity index (χ1v) is 13.1. The highest BCUT2D eigenvalue weighted by atomic mass is 35.5. The molecular formula is C26H24ClFN2O5S. The molecule has 0 aliphatic carbocycles. The Bertz CT molecular complexity index is 1400. The van der Waals surface area contributed by atoms with Gasteiger partial charge in [-0.05, 0) is 49.2 Å². The van der Waals surface area contributed by atoms with Crippen LogP contribution in [-0.2, 0) is 14.8 Å². The van der Waals surface area contributed by atoms with Crippen molar-refractivity contribution < 1.29 is 27.1 Å². The number of piperidine rings is 1. The molecule has 0 radical (unpaired) electrons. The third-order valence-electron chi connectivity index (χ3n) is 6.02. The first-order chi connectivity index (χ1) is 17.2. The van der Waals surface area contributed by atoms with Crippen molar-refractivity contribution in [3.05, 3.63) is 88.7 Å². The molecule has 0 bridgehead atoms. The number of sulfonamides is 1. The average Bonchev–Trinajstić information content (AvgIpc) is 2.89. The number of carbonyl (C=O) groups excluding carboxylic acids is 2. The van der Waals surface area contributed by atoms with Crippen LogP contribution in [0.1, 0.15) is 28.8 Å². The van der Waals surface area contributed by atoms with Gasteiger partial charge in [0, 0.05) is 29.2 Å². The molecular weight excluding hydrogens is 507 g/mol. The number of amides is 1. The van der Waals surface area contributed by atoms with Crippen LogP contribution >= 0.6 is 11.6 Å². The van der Waals surface area contributed by atoms with Crippen LogP contribution in [0.15, 0.2) is 71.6 Å². The van der Waals surface area contributed by atoms with Gasteiger partial charge < -0.3 is 10.1 Å². The molecule has 36 heavy (non-hydrogen) atoms. The van der Waals surface area contributed by atoms with E-state index in [0.717, 1.165) is 16.4 Å². The van der Waals surface area contributed by atoms with Crippen molar-refractivity contribution in [2.24, 2.45) is 5.92 Å². The SMILES string of the molecule is COc1ccc(F)cc1S(=O)(=O)N1CCC[C@@H](C(=O)Nc2ccc(Cl)cc2C(=O)c2ccccc2)C1. The maximum absolute atomic E-state index is 13.8. The van der Waals surface area contributed by atoms with E-state index in [0.29, 0.717) is 23.4 Å². The summed E-state index contributed by atoms with van der Waals surface area (Å²) in [6.07, 6.45) is 0.888. The lowest BCUT2D eigenvalue weighted by molar-refractivity contribution is -0.120. The van der Waals surface area contributed by atoms with Gasteiger partial charge in [-0.25, -0.2) is 12.8 Å². The van der Waals surface area contributed by atoms with Gasteiger partial charge in [0.05, 0.1) is 18.7 Å². The largest absolute Gasteiger partial charge is 0.495 e. The Morgan fingerprint density at radius 3 is 2.56 bits per heavy atom. The van der Waals surface area contributed by atoms with E-state index in [2.05, 4.69) is 5.32 Å². The molecule has 0 unspecified atom stereocenters. The number of rotatable bonds is 7. The molecule has 0 saturated carbocycles. The summed E-state index contributed by atoms with van der Waals surface area (Å²) in [6.45, 7) is 0.0911. The molecule has 1 amide bonds. The molecule has 7 nitrogen and oxygen atoms in total. The molecule has 10 heteroatoms. The van der Waals surface area contributed by atoms with E-state index in [-0.39, 0.29) is 40.8 Å². The van der Waals surface area contributed by atoms with Gasteiger partial charge in [0.15, 0.2) is 5.78 Å². The fourth-order valence-electron chi connectivity index (χ4n) is 4.16. The molecule has 188 valence electrons. The number of methoxy groups -OCH3 is 1. The molecule has 0 aromatic heterocycles. The molecule has 1 heterocycles. The lowest BCUT2D eigenvalue weighted by Crippen LogP contribution is -2.43. The third kappa shape index (κ3) is 5.43. The molecule has 1 aliphatic heterocycles. The summed E-state index contributed by atoms with van der Waals surface area (Å²) in [5.41, 5.74) is 0.950. The van der Waals surface area contributed by atoms with Gasteiger partial charge in [0.1, 0.15) is 16.5 Å². The summed E-state index contributed by atoms with van der Waals surface area (Å²) in [7, 11) is -2.81. The number of carbonyl (C=O) groups is 2. The number of nitrogens with zero attached hydrogens (tertiary/aromatic N) is 1. The summed E-state index contributed by atoms with van der Waals surface area (Å²) in [6, 6.07) is 16.5. The number of benzene rings is 3. The first kappa shape index (κ1) is 25.8. The fourth-order valence-corrected chi connectivity index (χ4v) is 6.02. The van der Waals surface area contributed by atoms with E-state index in [1.165, 1.54) is 19.2 Å². The number of hydrogen-bond acceptors (Lipinski definition) is 5. The van der Waals surface area contributed by atoms with E-state index in [1.54, 1.807) is 42.5 Å². The van der Waals surface area contributed by atoms with Crippen LogP contribution in [-0.4, -0.2) is 44.6 Å².